The van der Waals surface area contributed by atoms with Crippen molar-refractivity contribution < 1.29 is 13.2 Å². The number of amides is 1. The highest BCUT2D eigenvalue weighted by Crippen LogP contribution is 2.28. The normalized spacial score (nSPS) is 11.7. The number of sulfonamides is 1. The molecule has 0 heterocycles. The summed E-state index contributed by atoms with van der Waals surface area (Å²) in [7, 11) is -3.99. The average molecular weight is 408 g/mol. The SMILES string of the molecule is NC(=O)CN(Cc1c(Cl)cccc1Cl)S(=O)(=O)c1ccc(Cl)cc1. The van der Waals surface area contributed by atoms with Crippen LogP contribution in [0.4, 0.5) is 0 Å². The molecule has 2 N–H and O–H groups in total. The molecule has 0 aliphatic carbocycles. The van der Waals surface area contributed by atoms with Crippen LogP contribution in [-0.4, -0.2) is 25.2 Å². The van der Waals surface area contributed by atoms with Gasteiger partial charge in [0.05, 0.1) is 11.4 Å². The molecule has 0 radical (unpaired) electrons. The van der Waals surface area contributed by atoms with E-state index in [-0.39, 0.29) is 11.4 Å². The fourth-order valence-corrected chi connectivity index (χ4v) is 4.03. The van der Waals surface area contributed by atoms with Gasteiger partial charge in [-0.25, -0.2) is 8.42 Å². The van der Waals surface area contributed by atoms with E-state index in [4.69, 9.17) is 40.5 Å². The molecule has 0 aromatic heterocycles. The molecule has 0 saturated heterocycles. The molecule has 0 unspecified atom stereocenters. The Morgan fingerprint density at radius 1 is 1.00 bits per heavy atom. The molecule has 0 spiro atoms. The van der Waals surface area contributed by atoms with Crippen molar-refractivity contribution in [1.82, 2.24) is 4.31 Å². The van der Waals surface area contributed by atoms with Gasteiger partial charge in [-0.05, 0) is 36.4 Å². The molecule has 0 aliphatic heterocycles. The highest BCUT2D eigenvalue weighted by atomic mass is 35.5. The third kappa shape index (κ3) is 4.40. The third-order valence-electron chi connectivity index (χ3n) is 3.18. The fourth-order valence-electron chi connectivity index (χ4n) is 2.02. The highest BCUT2D eigenvalue weighted by Gasteiger charge is 2.27. The molecule has 128 valence electrons. The van der Waals surface area contributed by atoms with Crippen molar-refractivity contribution in [1.29, 1.82) is 0 Å². The Hall–Kier alpha value is -1.31. The molecule has 0 saturated carbocycles. The van der Waals surface area contributed by atoms with Crippen molar-refractivity contribution >= 4 is 50.7 Å². The lowest BCUT2D eigenvalue weighted by molar-refractivity contribution is -0.118. The first-order valence-corrected chi connectivity index (χ1v) is 9.26. The minimum absolute atomic E-state index is 0.0173. The lowest BCUT2D eigenvalue weighted by Gasteiger charge is -2.22. The van der Waals surface area contributed by atoms with Crippen LogP contribution in [0.5, 0.6) is 0 Å². The standard InChI is InChI=1S/C15H13Cl3N2O3S/c16-10-4-6-11(7-5-10)24(22,23)20(9-15(19)21)8-12-13(17)2-1-3-14(12)18/h1-7H,8-9H2,(H2,19,21). The lowest BCUT2D eigenvalue weighted by Crippen LogP contribution is -2.38. The summed E-state index contributed by atoms with van der Waals surface area (Å²) in [6.45, 7) is -0.696. The maximum absolute atomic E-state index is 12.8. The minimum Gasteiger partial charge on any atom is -0.369 e. The number of halogens is 3. The van der Waals surface area contributed by atoms with Gasteiger partial charge in [0.15, 0.2) is 0 Å². The number of carbonyl (C=O) groups is 1. The first kappa shape index (κ1) is 19.0. The molecular formula is C15H13Cl3N2O3S. The van der Waals surface area contributed by atoms with Gasteiger partial charge < -0.3 is 5.73 Å². The van der Waals surface area contributed by atoms with Crippen molar-refractivity contribution in [2.75, 3.05) is 6.54 Å². The molecule has 9 heteroatoms. The van der Waals surface area contributed by atoms with E-state index < -0.39 is 22.5 Å². The van der Waals surface area contributed by atoms with E-state index in [1.165, 1.54) is 24.3 Å². The van der Waals surface area contributed by atoms with Gasteiger partial charge in [0, 0.05) is 27.2 Å². The molecule has 0 fully saturated rings. The van der Waals surface area contributed by atoms with E-state index in [1.807, 2.05) is 0 Å². The Balaban J connectivity index is 2.45. The number of hydrogen-bond acceptors (Lipinski definition) is 3. The predicted octanol–water partition coefficient (Wildman–Crippen LogP) is 3.32. The smallest absolute Gasteiger partial charge is 0.243 e. The summed E-state index contributed by atoms with van der Waals surface area (Å²) in [5.74, 6) is -0.796. The summed E-state index contributed by atoms with van der Waals surface area (Å²) in [5, 5.41) is 0.983. The van der Waals surface area contributed by atoms with Gasteiger partial charge in [0.25, 0.3) is 0 Å². The first-order chi connectivity index (χ1) is 11.2. The average Bonchev–Trinajstić information content (AvgIpc) is 2.50. The van der Waals surface area contributed by atoms with Crippen molar-refractivity contribution in [2.24, 2.45) is 5.73 Å². The van der Waals surface area contributed by atoms with Crippen LogP contribution in [0.3, 0.4) is 0 Å². The zero-order chi connectivity index (χ0) is 17.9. The minimum atomic E-state index is -3.99. The monoisotopic (exact) mass is 406 g/mol. The van der Waals surface area contributed by atoms with Crippen molar-refractivity contribution in [2.45, 2.75) is 11.4 Å². The van der Waals surface area contributed by atoms with Crippen LogP contribution < -0.4 is 5.73 Å². The van der Waals surface area contributed by atoms with Gasteiger partial charge in [-0.1, -0.05) is 40.9 Å². The zero-order valence-electron chi connectivity index (χ0n) is 12.2. The Bertz CT molecular complexity index is 835. The summed E-state index contributed by atoms with van der Waals surface area (Å²) in [5.41, 5.74) is 5.58. The maximum Gasteiger partial charge on any atom is 0.243 e. The second-order valence-corrected chi connectivity index (χ2v) is 8.08. The van der Waals surface area contributed by atoms with Gasteiger partial charge in [0.1, 0.15) is 0 Å². The van der Waals surface area contributed by atoms with Gasteiger partial charge in [-0.2, -0.15) is 4.31 Å². The van der Waals surface area contributed by atoms with Gasteiger partial charge in [0.2, 0.25) is 15.9 Å². The van der Waals surface area contributed by atoms with Gasteiger partial charge >= 0.3 is 0 Å². The quantitative estimate of drug-likeness (QED) is 0.797. The molecule has 24 heavy (non-hydrogen) atoms. The Labute approximate surface area is 155 Å². The lowest BCUT2D eigenvalue weighted by atomic mass is 10.2. The zero-order valence-corrected chi connectivity index (χ0v) is 15.3. The third-order valence-corrected chi connectivity index (χ3v) is 5.95. The van der Waals surface area contributed by atoms with Crippen molar-refractivity contribution in [3.8, 4) is 0 Å². The number of hydrogen-bond donors (Lipinski definition) is 1. The van der Waals surface area contributed by atoms with Crippen LogP contribution >= 0.6 is 34.8 Å². The number of carbonyl (C=O) groups excluding carboxylic acids is 1. The summed E-state index contributed by atoms with van der Waals surface area (Å²) in [4.78, 5) is 11.3. The molecule has 1 amide bonds. The largest absolute Gasteiger partial charge is 0.369 e. The van der Waals surface area contributed by atoms with Crippen molar-refractivity contribution in [3.05, 3.63) is 63.1 Å². The van der Waals surface area contributed by atoms with E-state index in [0.717, 1.165) is 4.31 Å². The molecule has 2 aromatic rings. The highest BCUT2D eigenvalue weighted by molar-refractivity contribution is 7.89. The molecule has 0 atom stereocenters. The molecule has 0 bridgehead atoms. The van der Waals surface area contributed by atoms with Crippen LogP contribution in [-0.2, 0) is 21.4 Å². The molecule has 5 nitrogen and oxygen atoms in total. The fraction of sp³-hybridized carbons (Fsp3) is 0.133. The van der Waals surface area contributed by atoms with Crippen LogP contribution in [0, 0.1) is 0 Å². The van der Waals surface area contributed by atoms with Crippen LogP contribution in [0.1, 0.15) is 5.56 Å². The molecule has 2 rings (SSSR count). The number of rotatable bonds is 6. The predicted molar refractivity (Wildman–Crippen MR) is 94.7 cm³/mol. The first-order valence-electron chi connectivity index (χ1n) is 6.68. The van der Waals surface area contributed by atoms with E-state index in [0.29, 0.717) is 20.6 Å². The Morgan fingerprint density at radius 3 is 2.04 bits per heavy atom. The maximum atomic E-state index is 12.8. The second kappa shape index (κ2) is 7.72. The van der Waals surface area contributed by atoms with E-state index in [1.54, 1.807) is 18.2 Å². The topological polar surface area (TPSA) is 80.5 Å². The molecular weight excluding hydrogens is 395 g/mol. The number of primary amides is 1. The van der Waals surface area contributed by atoms with Gasteiger partial charge in [-0.15, -0.1) is 0 Å². The number of benzene rings is 2. The second-order valence-electron chi connectivity index (χ2n) is 4.89. The van der Waals surface area contributed by atoms with Crippen LogP contribution in [0.25, 0.3) is 0 Å². The van der Waals surface area contributed by atoms with Crippen molar-refractivity contribution in [3.63, 3.8) is 0 Å². The molecule has 2 aromatic carbocycles. The summed E-state index contributed by atoms with van der Waals surface area (Å²) in [6.07, 6.45) is 0. The summed E-state index contributed by atoms with van der Waals surface area (Å²) in [6, 6.07) is 10.4. The number of nitrogens with two attached hydrogens (primary N) is 1. The van der Waals surface area contributed by atoms with E-state index >= 15 is 0 Å². The van der Waals surface area contributed by atoms with Crippen LogP contribution in [0.15, 0.2) is 47.4 Å². The number of nitrogens with zero attached hydrogens (tertiary/aromatic N) is 1. The van der Waals surface area contributed by atoms with E-state index in [2.05, 4.69) is 0 Å². The molecule has 0 aliphatic rings. The summed E-state index contributed by atoms with van der Waals surface area (Å²) < 4.78 is 26.5. The van der Waals surface area contributed by atoms with E-state index in [9.17, 15) is 13.2 Å². The summed E-state index contributed by atoms with van der Waals surface area (Å²) >= 11 is 18.0. The Morgan fingerprint density at radius 2 is 1.54 bits per heavy atom. The van der Waals surface area contributed by atoms with Gasteiger partial charge in [-0.3, -0.25) is 4.79 Å². The Kier molecular flexibility index (Phi) is 6.11. The van der Waals surface area contributed by atoms with Crippen LogP contribution in [0.2, 0.25) is 15.1 Å².